The predicted octanol–water partition coefficient (Wildman–Crippen LogP) is 2.51. The SMILES string of the molecule is COc1ccc(F)cc1C(CN)Cc1ccncc1. The molecule has 2 rings (SSSR count). The van der Waals surface area contributed by atoms with Gasteiger partial charge in [-0.1, -0.05) is 0 Å². The van der Waals surface area contributed by atoms with Gasteiger partial charge >= 0.3 is 0 Å². The minimum Gasteiger partial charge on any atom is -0.496 e. The smallest absolute Gasteiger partial charge is 0.123 e. The Kier molecular flexibility index (Phi) is 4.47. The molecular weight excluding hydrogens is 243 g/mol. The Morgan fingerprint density at radius 1 is 1.26 bits per heavy atom. The van der Waals surface area contributed by atoms with Gasteiger partial charge in [0.05, 0.1) is 7.11 Å². The fourth-order valence-corrected chi connectivity index (χ4v) is 2.15. The molecule has 0 saturated carbocycles. The summed E-state index contributed by atoms with van der Waals surface area (Å²) in [5.41, 5.74) is 7.76. The Hall–Kier alpha value is -1.94. The quantitative estimate of drug-likeness (QED) is 0.898. The van der Waals surface area contributed by atoms with Gasteiger partial charge in [0.2, 0.25) is 0 Å². The molecule has 19 heavy (non-hydrogen) atoms. The number of pyridine rings is 1. The molecule has 1 aromatic carbocycles. The van der Waals surface area contributed by atoms with E-state index in [1.54, 1.807) is 25.6 Å². The zero-order valence-corrected chi connectivity index (χ0v) is 10.8. The number of benzene rings is 1. The normalized spacial score (nSPS) is 12.2. The molecule has 4 heteroatoms. The molecule has 0 bridgehead atoms. The summed E-state index contributed by atoms with van der Waals surface area (Å²) in [5.74, 6) is 0.419. The molecule has 2 N–H and O–H groups in total. The first kappa shape index (κ1) is 13.5. The van der Waals surface area contributed by atoms with E-state index in [-0.39, 0.29) is 11.7 Å². The number of nitrogens with zero attached hydrogens (tertiary/aromatic N) is 1. The van der Waals surface area contributed by atoms with E-state index in [4.69, 9.17) is 10.5 Å². The first-order valence-electron chi connectivity index (χ1n) is 6.17. The highest BCUT2D eigenvalue weighted by Gasteiger charge is 2.16. The zero-order valence-electron chi connectivity index (χ0n) is 10.8. The molecule has 1 aromatic heterocycles. The third-order valence-corrected chi connectivity index (χ3v) is 3.15. The van der Waals surface area contributed by atoms with Crippen molar-refractivity contribution in [3.63, 3.8) is 0 Å². The van der Waals surface area contributed by atoms with Crippen molar-refractivity contribution >= 4 is 0 Å². The Bertz CT molecular complexity index is 531. The van der Waals surface area contributed by atoms with Crippen LogP contribution in [0.3, 0.4) is 0 Å². The highest BCUT2D eigenvalue weighted by atomic mass is 19.1. The number of aromatic nitrogens is 1. The Labute approximate surface area is 112 Å². The summed E-state index contributed by atoms with van der Waals surface area (Å²) in [5, 5.41) is 0. The molecule has 0 aliphatic heterocycles. The number of nitrogens with two attached hydrogens (primary N) is 1. The molecule has 0 spiro atoms. The monoisotopic (exact) mass is 260 g/mol. The van der Waals surface area contributed by atoms with Crippen molar-refractivity contribution in [3.05, 3.63) is 59.7 Å². The lowest BCUT2D eigenvalue weighted by Crippen LogP contribution is -2.16. The lowest BCUT2D eigenvalue weighted by atomic mass is 9.91. The summed E-state index contributed by atoms with van der Waals surface area (Å²) in [4.78, 5) is 3.98. The maximum Gasteiger partial charge on any atom is 0.123 e. The second-order valence-electron chi connectivity index (χ2n) is 4.38. The van der Waals surface area contributed by atoms with Crippen molar-refractivity contribution in [1.82, 2.24) is 4.98 Å². The fraction of sp³-hybridized carbons (Fsp3) is 0.267. The molecule has 0 radical (unpaired) electrons. The largest absolute Gasteiger partial charge is 0.496 e. The average molecular weight is 260 g/mol. The molecule has 1 unspecified atom stereocenters. The van der Waals surface area contributed by atoms with Gasteiger partial charge in [-0.3, -0.25) is 4.98 Å². The van der Waals surface area contributed by atoms with E-state index in [1.807, 2.05) is 12.1 Å². The van der Waals surface area contributed by atoms with Crippen LogP contribution in [0.1, 0.15) is 17.0 Å². The topological polar surface area (TPSA) is 48.1 Å². The van der Waals surface area contributed by atoms with Crippen LogP contribution in [0.4, 0.5) is 4.39 Å². The van der Waals surface area contributed by atoms with Crippen LogP contribution in [-0.2, 0) is 6.42 Å². The minimum atomic E-state index is -0.274. The van der Waals surface area contributed by atoms with Gasteiger partial charge in [-0.2, -0.15) is 0 Å². The number of ether oxygens (including phenoxy) is 1. The first-order chi connectivity index (χ1) is 9.24. The summed E-state index contributed by atoms with van der Waals surface area (Å²) in [6.45, 7) is 0.433. The highest BCUT2D eigenvalue weighted by molar-refractivity contribution is 5.38. The van der Waals surface area contributed by atoms with Gasteiger partial charge in [0.25, 0.3) is 0 Å². The molecule has 0 amide bonds. The maximum atomic E-state index is 13.4. The molecule has 0 saturated heterocycles. The number of methoxy groups -OCH3 is 1. The third-order valence-electron chi connectivity index (χ3n) is 3.15. The van der Waals surface area contributed by atoms with Gasteiger partial charge in [-0.15, -0.1) is 0 Å². The van der Waals surface area contributed by atoms with Crippen LogP contribution < -0.4 is 10.5 Å². The predicted molar refractivity (Wildman–Crippen MR) is 72.7 cm³/mol. The molecule has 1 atom stereocenters. The highest BCUT2D eigenvalue weighted by Crippen LogP contribution is 2.29. The molecule has 0 aliphatic rings. The van der Waals surface area contributed by atoms with Crippen molar-refractivity contribution in [2.45, 2.75) is 12.3 Å². The second kappa shape index (κ2) is 6.29. The molecule has 3 nitrogen and oxygen atoms in total. The van der Waals surface area contributed by atoms with Gasteiger partial charge in [-0.25, -0.2) is 4.39 Å². The van der Waals surface area contributed by atoms with E-state index in [2.05, 4.69) is 4.98 Å². The van der Waals surface area contributed by atoms with Crippen LogP contribution in [0.25, 0.3) is 0 Å². The van der Waals surface area contributed by atoms with Gasteiger partial charge < -0.3 is 10.5 Å². The van der Waals surface area contributed by atoms with Gasteiger partial charge in [-0.05, 0) is 48.9 Å². The minimum absolute atomic E-state index is 0.0213. The number of hydrogen-bond acceptors (Lipinski definition) is 3. The Morgan fingerprint density at radius 3 is 2.63 bits per heavy atom. The molecule has 2 aromatic rings. The molecule has 0 fully saturated rings. The standard InChI is InChI=1S/C15H17FN2O/c1-19-15-3-2-13(16)9-14(15)12(10-17)8-11-4-6-18-7-5-11/h2-7,9,12H,8,10,17H2,1H3. The van der Waals surface area contributed by atoms with Crippen LogP contribution in [0, 0.1) is 5.82 Å². The lowest BCUT2D eigenvalue weighted by molar-refractivity contribution is 0.403. The van der Waals surface area contributed by atoms with Crippen LogP contribution in [0.15, 0.2) is 42.7 Å². The average Bonchev–Trinajstić information content (AvgIpc) is 2.46. The summed E-state index contributed by atoms with van der Waals surface area (Å²) in [6.07, 6.45) is 4.22. The van der Waals surface area contributed by atoms with Crippen molar-refractivity contribution in [2.75, 3.05) is 13.7 Å². The maximum absolute atomic E-state index is 13.4. The molecule has 100 valence electrons. The van der Waals surface area contributed by atoms with E-state index in [0.29, 0.717) is 12.3 Å². The lowest BCUT2D eigenvalue weighted by Gasteiger charge is -2.18. The number of halogens is 1. The van der Waals surface area contributed by atoms with Crippen molar-refractivity contribution in [2.24, 2.45) is 5.73 Å². The van der Waals surface area contributed by atoms with Crippen molar-refractivity contribution < 1.29 is 9.13 Å². The summed E-state index contributed by atoms with van der Waals surface area (Å²) < 4.78 is 18.7. The van der Waals surface area contributed by atoms with E-state index in [1.165, 1.54) is 12.1 Å². The summed E-state index contributed by atoms with van der Waals surface area (Å²) in [7, 11) is 1.58. The van der Waals surface area contributed by atoms with E-state index in [0.717, 1.165) is 17.5 Å². The van der Waals surface area contributed by atoms with Crippen molar-refractivity contribution in [3.8, 4) is 5.75 Å². The van der Waals surface area contributed by atoms with E-state index >= 15 is 0 Å². The van der Waals surface area contributed by atoms with Gasteiger partial charge in [0, 0.05) is 23.9 Å². The van der Waals surface area contributed by atoms with Crippen LogP contribution in [-0.4, -0.2) is 18.6 Å². The number of rotatable bonds is 5. The summed E-state index contributed by atoms with van der Waals surface area (Å²) >= 11 is 0. The molecular formula is C15H17FN2O. The first-order valence-corrected chi connectivity index (χ1v) is 6.17. The van der Waals surface area contributed by atoms with Crippen molar-refractivity contribution in [1.29, 1.82) is 0 Å². The third kappa shape index (κ3) is 3.29. The molecule has 0 aliphatic carbocycles. The van der Waals surface area contributed by atoms with Gasteiger partial charge in [0.15, 0.2) is 0 Å². The van der Waals surface area contributed by atoms with E-state index in [9.17, 15) is 4.39 Å². The zero-order chi connectivity index (χ0) is 13.7. The Balaban J connectivity index is 2.29. The van der Waals surface area contributed by atoms with Crippen LogP contribution in [0.5, 0.6) is 5.75 Å². The van der Waals surface area contributed by atoms with Crippen LogP contribution >= 0.6 is 0 Å². The number of hydrogen-bond donors (Lipinski definition) is 1. The van der Waals surface area contributed by atoms with E-state index < -0.39 is 0 Å². The van der Waals surface area contributed by atoms with Crippen LogP contribution in [0.2, 0.25) is 0 Å². The molecule has 1 heterocycles. The fourth-order valence-electron chi connectivity index (χ4n) is 2.15. The van der Waals surface area contributed by atoms with Gasteiger partial charge in [0.1, 0.15) is 11.6 Å². The second-order valence-corrected chi connectivity index (χ2v) is 4.38. The summed E-state index contributed by atoms with van der Waals surface area (Å²) in [6, 6.07) is 8.41. The Morgan fingerprint density at radius 2 is 2.00 bits per heavy atom.